The highest BCUT2D eigenvalue weighted by molar-refractivity contribution is 5.98. The van der Waals surface area contributed by atoms with E-state index < -0.39 is 83.6 Å². The highest BCUT2D eigenvalue weighted by atomic mass is 16.5. The molecular weight excluding hydrogens is 899 g/mol. The largest absolute Gasteiger partial charge is 0.469 e. The number of amides is 7. The first-order valence-corrected chi connectivity index (χ1v) is 24.6. The normalized spacial score (nSPS) is 22.5. The third-order valence-corrected chi connectivity index (χ3v) is 13.4. The van der Waals surface area contributed by atoms with Gasteiger partial charge < -0.3 is 58.0 Å². The number of benzene rings is 2. The summed E-state index contributed by atoms with van der Waals surface area (Å²) in [7, 11) is 1.21. The van der Waals surface area contributed by atoms with Crippen LogP contribution < -0.4 is 43.4 Å². The van der Waals surface area contributed by atoms with Crippen LogP contribution >= 0.6 is 0 Å². The lowest BCUT2D eigenvalue weighted by atomic mass is 9.84. The number of carbonyl (C=O) groups excluding carboxylic acids is 8. The number of methoxy groups -OCH3 is 1. The van der Waals surface area contributed by atoms with E-state index in [-0.39, 0.29) is 76.5 Å². The van der Waals surface area contributed by atoms with Crippen molar-refractivity contribution in [2.24, 2.45) is 22.4 Å². The van der Waals surface area contributed by atoms with Gasteiger partial charge in [-0.15, -0.1) is 0 Å². The Balaban J connectivity index is 1.31. The van der Waals surface area contributed by atoms with Gasteiger partial charge in [-0.1, -0.05) is 80.6 Å². The molecule has 3 aliphatic rings. The first-order chi connectivity index (χ1) is 33.8. The lowest BCUT2D eigenvalue weighted by molar-refractivity contribution is -0.143. The van der Waals surface area contributed by atoms with Crippen LogP contribution in [0.4, 0.5) is 0 Å². The summed E-state index contributed by atoms with van der Waals surface area (Å²) >= 11 is 0. The number of ether oxygens (including phenoxy) is 1. The maximum absolute atomic E-state index is 14.8. The van der Waals surface area contributed by atoms with E-state index in [1.54, 1.807) is 30.5 Å². The average Bonchev–Trinajstić information content (AvgIpc) is 4.02. The quantitative estimate of drug-likeness (QED) is 0.0426. The number of aliphatic imine (C=N–C) groups is 1. The number of fused-ring (bicyclic) bond motifs is 2. The minimum Gasteiger partial charge on any atom is -0.469 e. The molecule has 3 fully saturated rings. The van der Waals surface area contributed by atoms with Crippen LogP contribution in [0.2, 0.25) is 0 Å². The van der Waals surface area contributed by atoms with E-state index in [1.165, 1.54) is 12.0 Å². The number of rotatable bonds is 16. The number of hydrogen-bond donors (Lipinski definition) is 9. The van der Waals surface area contributed by atoms with Gasteiger partial charge in [-0.25, -0.2) is 0 Å². The van der Waals surface area contributed by atoms with Crippen molar-refractivity contribution in [2.75, 3.05) is 26.7 Å². The maximum Gasteiger partial charge on any atom is 0.306 e. The molecule has 6 atom stereocenters. The van der Waals surface area contributed by atoms with Gasteiger partial charge in [-0.05, 0) is 68.1 Å². The van der Waals surface area contributed by atoms with Crippen LogP contribution in [0.3, 0.4) is 0 Å². The molecule has 20 heteroatoms. The van der Waals surface area contributed by atoms with Crippen LogP contribution in [0.15, 0.2) is 65.8 Å². The highest BCUT2D eigenvalue weighted by Gasteiger charge is 2.41. The van der Waals surface area contributed by atoms with E-state index in [1.807, 2.05) is 30.3 Å². The third-order valence-electron chi connectivity index (χ3n) is 13.4. The standard InChI is InChI=1S/C50H69N11O9/c1-70-43(63)23-22-42(62)56-38(27-31-13-4-2-5-14-31)45(65)58-37-20-11-24-53-44(64)36(19-10-25-54-50(51)52)57-47(67)40(29-33-30-55-35-18-9-8-17-34(33)35)59-46(66)39(28-32-15-6-3-7-16-32)60-48(68)41-21-12-26-61(41)49(37)69/h2,4-5,8-9,13-14,17-18,30,32,36-41,55H,3,6-7,10-12,15-16,19-29H2,1H3,(H,53,64)(H,56,62)(H,57,67)(H,58,65)(H,59,66)(H,60,68)(H4,51,52,54)/t36-,37?,38-,39+,40-,41-/m0/s1. The summed E-state index contributed by atoms with van der Waals surface area (Å²) in [5.41, 5.74) is 13.5. The predicted octanol–water partition coefficient (Wildman–Crippen LogP) is 1.26. The Morgan fingerprint density at radius 3 is 2.27 bits per heavy atom. The van der Waals surface area contributed by atoms with Crippen molar-refractivity contribution in [1.29, 1.82) is 0 Å². The molecule has 7 amide bonds. The number of aromatic nitrogens is 1. The molecule has 2 aromatic carbocycles. The van der Waals surface area contributed by atoms with Crippen molar-refractivity contribution in [2.45, 2.75) is 139 Å². The van der Waals surface area contributed by atoms with Gasteiger partial charge in [0.1, 0.15) is 36.3 Å². The summed E-state index contributed by atoms with van der Waals surface area (Å²) in [6, 6.07) is 9.89. The van der Waals surface area contributed by atoms with Crippen LogP contribution in [0, 0.1) is 5.92 Å². The average molecular weight is 968 g/mol. The summed E-state index contributed by atoms with van der Waals surface area (Å²) in [5.74, 6) is -4.62. The molecule has 0 spiro atoms. The van der Waals surface area contributed by atoms with Gasteiger partial charge in [-0.2, -0.15) is 0 Å². The second-order valence-electron chi connectivity index (χ2n) is 18.5. The Morgan fingerprint density at radius 1 is 0.800 bits per heavy atom. The van der Waals surface area contributed by atoms with Crippen molar-refractivity contribution in [1.82, 2.24) is 41.8 Å². The van der Waals surface area contributed by atoms with Gasteiger partial charge in [0.2, 0.25) is 41.4 Å². The Labute approximate surface area is 408 Å². The smallest absolute Gasteiger partial charge is 0.306 e. The molecule has 6 rings (SSSR count). The molecule has 11 N–H and O–H groups in total. The zero-order valence-electron chi connectivity index (χ0n) is 40.0. The first-order valence-electron chi connectivity index (χ1n) is 24.6. The van der Waals surface area contributed by atoms with Crippen molar-refractivity contribution in [3.05, 3.63) is 71.9 Å². The van der Waals surface area contributed by atoms with E-state index in [2.05, 4.69) is 46.6 Å². The Hall–Kier alpha value is -6.99. The zero-order valence-corrected chi connectivity index (χ0v) is 40.0. The molecule has 2 saturated heterocycles. The van der Waals surface area contributed by atoms with Gasteiger partial charge in [0.15, 0.2) is 5.96 Å². The van der Waals surface area contributed by atoms with Gasteiger partial charge in [0.05, 0.1) is 13.5 Å². The van der Waals surface area contributed by atoms with Crippen LogP contribution in [0.5, 0.6) is 0 Å². The molecule has 20 nitrogen and oxygen atoms in total. The Kier molecular flexibility index (Phi) is 19.5. The number of guanidine groups is 1. The fraction of sp³-hybridized carbons (Fsp3) is 0.540. The summed E-state index contributed by atoms with van der Waals surface area (Å²) in [4.78, 5) is 120. The molecule has 0 bridgehead atoms. The fourth-order valence-corrected chi connectivity index (χ4v) is 9.62. The second kappa shape index (κ2) is 26.1. The number of para-hydroxylation sites is 1. The monoisotopic (exact) mass is 968 g/mol. The topological polar surface area (TPSA) is 301 Å². The van der Waals surface area contributed by atoms with E-state index >= 15 is 0 Å². The lowest BCUT2D eigenvalue weighted by Crippen LogP contribution is -2.60. The van der Waals surface area contributed by atoms with Crippen LogP contribution in [-0.2, 0) is 55.9 Å². The summed E-state index contributed by atoms with van der Waals surface area (Å²) in [6.07, 6.45) is 7.94. The molecule has 1 aromatic heterocycles. The summed E-state index contributed by atoms with van der Waals surface area (Å²) in [6.45, 7) is 0.405. The molecule has 1 unspecified atom stereocenters. The van der Waals surface area contributed by atoms with E-state index in [4.69, 9.17) is 11.5 Å². The third kappa shape index (κ3) is 15.3. The van der Waals surface area contributed by atoms with Gasteiger partial charge >= 0.3 is 5.97 Å². The van der Waals surface area contributed by atoms with Crippen LogP contribution in [-0.4, -0.2) is 126 Å². The number of nitrogens with zero attached hydrogens (tertiary/aromatic N) is 2. The molecule has 1 saturated carbocycles. The lowest BCUT2D eigenvalue weighted by Gasteiger charge is -2.32. The maximum atomic E-state index is 14.8. The van der Waals surface area contributed by atoms with Crippen molar-refractivity contribution in [3.63, 3.8) is 0 Å². The first kappa shape index (κ1) is 52.4. The minimum atomic E-state index is -1.20. The number of nitrogens with one attached hydrogen (secondary N) is 7. The molecule has 3 aromatic rings. The molecule has 0 radical (unpaired) electrons. The number of nitrogens with two attached hydrogens (primary N) is 2. The van der Waals surface area contributed by atoms with Crippen molar-refractivity contribution < 1.29 is 43.1 Å². The fourth-order valence-electron chi connectivity index (χ4n) is 9.62. The number of esters is 1. The SMILES string of the molecule is COC(=O)CCC(=O)N[C@@H](Cc1ccccc1)C(=O)NC1CCCNC(=O)[C@H](CCCN=C(N)N)NC(=O)[C@H](Cc2c[nH]c3ccccc23)NC(=O)[C@@H](CC2CCCCC2)NC(=O)[C@@H]2CCCN2C1=O. The number of hydrogen-bond acceptors (Lipinski definition) is 10. The Morgan fingerprint density at radius 2 is 1.51 bits per heavy atom. The second-order valence-corrected chi connectivity index (χ2v) is 18.5. The zero-order chi connectivity index (χ0) is 50.0. The van der Waals surface area contributed by atoms with Gasteiger partial charge in [-0.3, -0.25) is 43.3 Å². The van der Waals surface area contributed by atoms with Gasteiger partial charge in [0.25, 0.3) is 0 Å². The summed E-state index contributed by atoms with van der Waals surface area (Å²) in [5, 5.41) is 18.1. The van der Waals surface area contributed by atoms with E-state index in [9.17, 15) is 38.4 Å². The predicted molar refractivity (Wildman–Crippen MR) is 261 cm³/mol. The number of H-pyrrole nitrogens is 1. The molecular formula is C50H69N11O9. The Bertz CT molecular complexity index is 2330. The van der Waals surface area contributed by atoms with E-state index in [0.29, 0.717) is 25.7 Å². The minimum absolute atomic E-state index is 0.0188. The van der Waals surface area contributed by atoms with Crippen LogP contribution in [0.25, 0.3) is 10.9 Å². The van der Waals surface area contributed by atoms with Crippen LogP contribution in [0.1, 0.15) is 101 Å². The van der Waals surface area contributed by atoms with Gasteiger partial charge in [0, 0.05) is 56.0 Å². The molecule has 1 aliphatic carbocycles. The number of aromatic amines is 1. The molecule has 378 valence electrons. The highest BCUT2D eigenvalue weighted by Crippen LogP contribution is 2.28. The number of carbonyl (C=O) groups is 8. The molecule has 2 aliphatic heterocycles. The molecule has 70 heavy (non-hydrogen) atoms. The van der Waals surface area contributed by atoms with Crippen molar-refractivity contribution in [3.8, 4) is 0 Å². The van der Waals surface area contributed by atoms with E-state index in [0.717, 1.165) is 54.1 Å². The summed E-state index contributed by atoms with van der Waals surface area (Å²) < 4.78 is 4.68. The van der Waals surface area contributed by atoms with Crippen molar-refractivity contribution >= 4 is 64.2 Å². The molecule has 3 heterocycles.